The minimum atomic E-state index is -3.44. The van der Waals surface area contributed by atoms with Crippen LogP contribution in [0.1, 0.15) is 37.3 Å². The molecule has 1 N–H and O–H groups in total. The number of nitrogens with zero attached hydrogens (tertiary/aromatic N) is 4. The first-order valence-electron chi connectivity index (χ1n) is 9.26. The van der Waals surface area contributed by atoms with Crippen LogP contribution in [-0.4, -0.2) is 65.1 Å². The molecular weight excluding hydrogens is 395 g/mol. The first-order valence-corrected chi connectivity index (χ1v) is 11.1. The van der Waals surface area contributed by atoms with Gasteiger partial charge in [-0.15, -0.1) is 5.10 Å². The van der Waals surface area contributed by atoms with Crippen LogP contribution < -0.4 is 5.32 Å². The SMILES string of the molecule is CS(=O)(=O)N1CC[C@@H](Nc2ncc3c(F)cc([C@H]4CC[C@H](F)C4)n3n2)[C@H](F)C1. The second-order valence-corrected chi connectivity index (χ2v) is 9.56. The van der Waals surface area contributed by atoms with Crippen molar-refractivity contribution in [1.29, 1.82) is 0 Å². The van der Waals surface area contributed by atoms with Crippen LogP contribution in [0.25, 0.3) is 5.52 Å². The Bertz CT molecular complexity index is 983. The number of aromatic nitrogens is 3. The highest BCUT2D eigenvalue weighted by atomic mass is 32.2. The summed E-state index contributed by atoms with van der Waals surface area (Å²) in [5.74, 6) is -0.477. The second-order valence-electron chi connectivity index (χ2n) is 7.58. The Balaban J connectivity index is 1.55. The molecule has 4 rings (SSSR count). The average Bonchev–Trinajstić information content (AvgIpc) is 3.19. The quantitative estimate of drug-likeness (QED) is 0.826. The fraction of sp³-hybridized carbons (Fsp3) is 0.647. The Hall–Kier alpha value is -1.88. The number of anilines is 1. The maximum Gasteiger partial charge on any atom is 0.241 e. The third-order valence-electron chi connectivity index (χ3n) is 5.57. The van der Waals surface area contributed by atoms with Crippen LogP contribution in [0.15, 0.2) is 12.3 Å². The summed E-state index contributed by atoms with van der Waals surface area (Å²) in [4.78, 5) is 4.06. The molecule has 0 bridgehead atoms. The molecule has 3 heterocycles. The smallest absolute Gasteiger partial charge is 0.241 e. The number of sulfonamides is 1. The highest BCUT2D eigenvalue weighted by molar-refractivity contribution is 7.88. The van der Waals surface area contributed by atoms with Crippen LogP contribution in [0.4, 0.5) is 19.1 Å². The number of alkyl halides is 2. The van der Waals surface area contributed by atoms with Crippen molar-refractivity contribution in [1.82, 2.24) is 18.9 Å². The summed E-state index contributed by atoms with van der Waals surface area (Å²) in [7, 11) is -3.44. The third-order valence-corrected chi connectivity index (χ3v) is 6.84. The Morgan fingerprint density at radius 2 is 2.04 bits per heavy atom. The molecular formula is C17H22F3N5O2S. The molecule has 0 spiro atoms. The van der Waals surface area contributed by atoms with E-state index in [1.165, 1.54) is 16.8 Å². The van der Waals surface area contributed by atoms with Crippen LogP contribution in [0, 0.1) is 5.82 Å². The molecule has 154 valence electrons. The van der Waals surface area contributed by atoms with Crippen LogP contribution in [-0.2, 0) is 10.0 Å². The molecule has 0 radical (unpaired) electrons. The van der Waals surface area contributed by atoms with Crippen LogP contribution in [0.3, 0.4) is 0 Å². The predicted molar refractivity (Wildman–Crippen MR) is 97.8 cm³/mol. The number of fused-ring (bicyclic) bond motifs is 1. The lowest BCUT2D eigenvalue weighted by Gasteiger charge is -2.33. The van der Waals surface area contributed by atoms with Gasteiger partial charge in [0.05, 0.1) is 18.5 Å². The van der Waals surface area contributed by atoms with E-state index < -0.39 is 34.2 Å². The van der Waals surface area contributed by atoms with Crippen LogP contribution in [0.2, 0.25) is 0 Å². The highest BCUT2D eigenvalue weighted by Gasteiger charge is 2.34. The Labute approximate surface area is 161 Å². The fourth-order valence-electron chi connectivity index (χ4n) is 4.03. The van der Waals surface area contributed by atoms with Gasteiger partial charge in [0, 0.05) is 24.7 Å². The van der Waals surface area contributed by atoms with Gasteiger partial charge in [-0.3, -0.25) is 0 Å². The molecule has 0 unspecified atom stereocenters. The zero-order chi connectivity index (χ0) is 20.1. The normalized spacial score (nSPS) is 29.4. The number of hydrogen-bond donors (Lipinski definition) is 1. The van der Waals surface area contributed by atoms with Gasteiger partial charge in [-0.1, -0.05) is 0 Å². The summed E-state index contributed by atoms with van der Waals surface area (Å²) < 4.78 is 67.9. The monoisotopic (exact) mass is 417 g/mol. The van der Waals surface area contributed by atoms with E-state index in [-0.39, 0.29) is 36.9 Å². The molecule has 1 saturated heterocycles. The van der Waals surface area contributed by atoms with Crippen molar-refractivity contribution >= 4 is 21.5 Å². The van der Waals surface area contributed by atoms with Crippen molar-refractivity contribution in [3.8, 4) is 0 Å². The number of hydrogen-bond acceptors (Lipinski definition) is 5. The van der Waals surface area contributed by atoms with Crippen molar-refractivity contribution < 1.29 is 21.6 Å². The molecule has 0 amide bonds. The van der Waals surface area contributed by atoms with E-state index in [2.05, 4.69) is 15.4 Å². The molecule has 2 aromatic rings. The molecule has 2 fully saturated rings. The van der Waals surface area contributed by atoms with Gasteiger partial charge < -0.3 is 5.32 Å². The van der Waals surface area contributed by atoms with Gasteiger partial charge in [-0.25, -0.2) is 31.1 Å². The molecule has 0 aromatic carbocycles. The Kier molecular flexibility index (Phi) is 4.98. The first kappa shape index (κ1) is 19.4. The van der Waals surface area contributed by atoms with E-state index in [1.807, 2.05) is 0 Å². The zero-order valence-electron chi connectivity index (χ0n) is 15.4. The summed E-state index contributed by atoms with van der Waals surface area (Å²) in [6.45, 7) is -0.0371. The van der Waals surface area contributed by atoms with Crippen molar-refractivity contribution in [2.24, 2.45) is 0 Å². The predicted octanol–water partition coefficient (Wildman–Crippen LogP) is 2.26. The van der Waals surface area contributed by atoms with E-state index in [9.17, 15) is 21.6 Å². The number of rotatable bonds is 4. The van der Waals surface area contributed by atoms with E-state index in [0.29, 0.717) is 25.0 Å². The lowest BCUT2D eigenvalue weighted by atomic mass is 10.0. The van der Waals surface area contributed by atoms with Gasteiger partial charge in [0.2, 0.25) is 16.0 Å². The molecule has 2 aromatic heterocycles. The van der Waals surface area contributed by atoms with Gasteiger partial charge in [0.15, 0.2) is 5.82 Å². The lowest BCUT2D eigenvalue weighted by molar-refractivity contribution is 0.186. The standard InChI is InChI=1S/C17H22F3N5O2S/c1-28(26,27)24-5-4-14(13(20)9-24)22-17-21-8-16-12(19)7-15(25(16)23-17)10-2-3-11(18)6-10/h7-8,10-11,13-14H,2-6,9H2,1H3,(H,22,23)/t10-,11-,13+,14+/m0/s1. The Morgan fingerprint density at radius 3 is 2.68 bits per heavy atom. The summed E-state index contributed by atoms with van der Waals surface area (Å²) in [6, 6.07) is 0.708. The summed E-state index contributed by atoms with van der Waals surface area (Å²) in [5.41, 5.74) is 0.772. The molecule has 4 atom stereocenters. The number of nitrogens with one attached hydrogen (secondary N) is 1. The second kappa shape index (κ2) is 7.18. The van der Waals surface area contributed by atoms with E-state index in [4.69, 9.17) is 0 Å². The Morgan fingerprint density at radius 1 is 1.25 bits per heavy atom. The molecule has 11 heteroatoms. The first-order chi connectivity index (χ1) is 13.2. The van der Waals surface area contributed by atoms with Gasteiger partial charge in [0.25, 0.3) is 0 Å². The molecule has 1 saturated carbocycles. The van der Waals surface area contributed by atoms with Gasteiger partial charge in [-0.2, -0.15) is 4.31 Å². The highest BCUT2D eigenvalue weighted by Crippen LogP contribution is 2.37. The number of piperidine rings is 1. The van der Waals surface area contributed by atoms with Crippen LogP contribution >= 0.6 is 0 Å². The van der Waals surface area contributed by atoms with Gasteiger partial charge in [0.1, 0.15) is 17.9 Å². The van der Waals surface area contributed by atoms with Crippen molar-refractivity contribution in [3.63, 3.8) is 0 Å². The van der Waals surface area contributed by atoms with E-state index in [1.54, 1.807) is 0 Å². The van der Waals surface area contributed by atoms with E-state index >= 15 is 0 Å². The van der Waals surface area contributed by atoms with Crippen molar-refractivity contribution in [3.05, 3.63) is 23.8 Å². The largest absolute Gasteiger partial charge is 0.347 e. The van der Waals surface area contributed by atoms with Crippen molar-refractivity contribution in [2.75, 3.05) is 24.7 Å². The molecule has 2 aliphatic rings. The molecule has 1 aliphatic carbocycles. The minimum absolute atomic E-state index is 0.123. The summed E-state index contributed by atoms with van der Waals surface area (Å²) >= 11 is 0. The zero-order valence-corrected chi connectivity index (χ0v) is 16.2. The fourth-order valence-corrected chi connectivity index (χ4v) is 4.88. The summed E-state index contributed by atoms with van der Waals surface area (Å²) in [5, 5.41) is 7.19. The topological polar surface area (TPSA) is 79.6 Å². The van der Waals surface area contributed by atoms with Crippen LogP contribution in [0.5, 0.6) is 0 Å². The maximum atomic E-state index is 14.5. The van der Waals surface area contributed by atoms with Gasteiger partial charge >= 0.3 is 0 Å². The molecule has 1 aliphatic heterocycles. The number of halogens is 3. The third kappa shape index (κ3) is 3.69. The molecule has 28 heavy (non-hydrogen) atoms. The maximum absolute atomic E-state index is 14.5. The minimum Gasteiger partial charge on any atom is -0.347 e. The molecule has 7 nitrogen and oxygen atoms in total. The van der Waals surface area contributed by atoms with Gasteiger partial charge in [-0.05, 0) is 31.7 Å². The van der Waals surface area contributed by atoms with Crippen molar-refractivity contribution in [2.45, 2.75) is 50.0 Å². The summed E-state index contributed by atoms with van der Waals surface area (Å²) in [6.07, 6.45) is 1.70. The average molecular weight is 417 g/mol. The van der Waals surface area contributed by atoms with E-state index in [0.717, 1.165) is 10.6 Å². The lowest BCUT2D eigenvalue weighted by Crippen LogP contribution is -2.49.